The van der Waals surface area contributed by atoms with Gasteiger partial charge in [0.15, 0.2) is 0 Å². The van der Waals surface area contributed by atoms with Crippen LogP contribution in [-0.4, -0.2) is 22.5 Å². The predicted molar refractivity (Wildman–Crippen MR) is 85.6 cm³/mol. The number of thioether (sulfide) groups is 1. The van der Waals surface area contributed by atoms with Crippen LogP contribution >= 0.6 is 11.8 Å². The quantitative estimate of drug-likeness (QED) is 0.507. The Hall–Kier alpha value is -2.27. The maximum atomic E-state index is 11.9. The van der Waals surface area contributed by atoms with Crippen molar-refractivity contribution in [3.63, 3.8) is 0 Å². The molecule has 2 rings (SSSR count). The summed E-state index contributed by atoms with van der Waals surface area (Å²) in [6.45, 7) is 1.83. The molecule has 0 saturated carbocycles. The van der Waals surface area contributed by atoms with Crippen LogP contribution in [0, 0.1) is 0 Å². The van der Waals surface area contributed by atoms with Gasteiger partial charge in [-0.3, -0.25) is 4.79 Å². The molecule has 108 valence electrons. The van der Waals surface area contributed by atoms with Crippen molar-refractivity contribution < 1.29 is 9.90 Å². The number of benzene rings is 2. The topological polar surface area (TPSA) is 61.7 Å². The van der Waals surface area contributed by atoms with Crippen molar-refractivity contribution in [1.82, 2.24) is 5.43 Å². The minimum atomic E-state index is -0.242. The number of carbonyl (C=O) groups is 1. The number of rotatable bonds is 5. The first-order valence-electron chi connectivity index (χ1n) is 6.49. The molecule has 0 aliphatic heterocycles. The summed E-state index contributed by atoms with van der Waals surface area (Å²) < 4.78 is 0. The zero-order valence-corrected chi connectivity index (χ0v) is 12.4. The Labute approximate surface area is 127 Å². The zero-order chi connectivity index (χ0) is 15.1. The monoisotopic (exact) mass is 300 g/mol. The molecule has 2 aromatic carbocycles. The number of hydrogen-bond acceptors (Lipinski definition) is 4. The minimum Gasteiger partial charge on any atom is -0.508 e. The third-order valence-electron chi connectivity index (χ3n) is 2.68. The lowest BCUT2D eigenvalue weighted by molar-refractivity contribution is -0.120. The van der Waals surface area contributed by atoms with E-state index < -0.39 is 0 Å². The number of nitrogens with one attached hydrogen (secondary N) is 1. The molecule has 2 N–H and O–H groups in total. The highest BCUT2D eigenvalue weighted by Gasteiger charge is 2.13. The van der Waals surface area contributed by atoms with Gasteiger partial charge in [0.2, 0.25) is 0 Å². The van der Waals surface area contributed by atoms with E-state index in [-0.39, 0.29) is 16.9 Å². The number of hydrogen-bond donors (Lipinski definition) is 2. The molecule has 4 nitrogen and oxygen atoms in total. The molecule has 0 aliphatic carbocycles. The number of carbonyl (C=O) groups excluding carboxylic acids is 1. The second-order valence-electron chi connectivity index (χ2n) is 4.40. The summed E-state index contributed by atoms with van der Waals surface area (Å²) >= 11 is 1.47. The molecular weight excluding hydrogens is 284 g/mol. The van der Waals surface area contributed by atoms with Crippen molar-refractivity contribution in [3.8, 4) is 5.75 Å². The first-order valence-corrected chi connectivity index (χ1v) is 7.37. The van der Waals surface area contributed by atoms with Crippen molar-refractivity contribution in [2.24, 2.45) is 5.10 Å². The van der Waals surface area contributed by atoms with Gasteiger partial charge >= 0.3 is 0 Å². The predicted octanol–water partition coefficient (Wildman–Crippen LogP) is 3.02. The highest BCUT2D eigenvalue weighted by atomic mass is 32.2. The van der Waals surface area contributed by atoms with Crippen LogP contribution in [0.2, 0.25) is 0 Å². The van der Waals surface area contributed by atoms with E-state index in [9.17, 15) is 9.90 Å². The summed E-state index contributed by atoms with van der Waals surface area (Å²) in [4.78, 5) is 12.9. The summed E-state index contributed by atoms with van der Waals surface area (Å²) in [5.74, 6) is -0.00136. The third kappa shape index (κ3) is 4.96. The number of phenolic OH excluding ortho intramolecular Hbond substituents is 1. The fraction of sp³-hybridized carbons (Fsp3) is 0.125. The van der Waals surface area contributed by atoms with E-state index in [1.165, 1.54) is 18.0 Å². The van der Waals surface area contributed by atoms with Crippen LogP contribution < -0.4 is 5.43 Å². The van der Waals surface area contributed by atoms with Gasteiger partial charge in [0.25, 0.3) is 5.91 Å². The number of nitrogens with zero attached hydrogens (tertiary/aromatic N) is 1. The fourth-order valence-corrected chi connectivity index (χ4v) is 2.51. The van der Waals surface area contributed by atoms with Crippen LogP contribution in [-0.2, 0) is 4.79 Å². The zero-order valence-electron chi connectivity index (χ0n) is 11.6. The van der Waals surface area contributed by atoms with Gasteiger partial charge in [-0.25, -0.2) is 5.43 Å². The van der Waals surface area contributed by atoms with Crippen molar-refractivity contribution in [1.29, 1.82) is 0 Å². The number of phenols is 1. The molecule has 1 amide bonds. The van der Waals surface area contributed by atoms with Gasteiger partial charge in [-0.15, -0.1) is 11.8 Å². The average molecular weight is 300 g/mol. The van der Waals surface area contributed by atoms with Crippen LogP contribution in [0.15, 0.2) is 64.6 Å². The van der Waals surface area contributed by atoms with Gasteiger partial charge in [-0.05, 0) is 36.8 Å². The van der Waals surface area contributed by atoms with E-state index in [1.54, 1.807) is 24.3 Å². The van der Waals surface area contributed by atoms with Crippen LogP contribution in [0.25, 0.3) is 0 Å². The van der Waals surface area contributed by atoms with Gasteiger partial charge in [0, 0.05) is 4.90 Å². The van der Waals surface area contributed by atoms with Gasteiger partial charge in [0.1, 0.15) is 5.75 Å². The Balaban J connectivity index is 1.86. The van der Waals surface area contributed by atoms with Crippen LogP contribution in [0.4, 0.5) is 0 Å². The molecule has 0 radical (unpaired) electrons. The Morgan fingerprint density at radius 3 is 2.71 bits per heavy atom. The maximum absolute atomic E-state index is 11.9. The lowest BCUT2D eigenvalue weighted by Gasteiger charge is -2.08. The first kappa shape index (κ1) is 15.1. The van der Waals surface area contributed by atoms with E-state index in [0.29, 0.717) is 0 Å². The van der Waals surface area contributed by atoms with Gasteiger partial charge in [-0.1, -0.05) is 30.3 Å². The lowest BCUT2D eigenvalue weighted by Crippen LogP contribution is -2.26. The maximum Gasteiger partial charge on any atom is 0.253 e. The molecule has 0 saturated heterocycles. The summed E-state index contributed by atoms with van der Waals surface area (Å²) in [5, 5.41) is 13.0. The van der Waals surface area contributed by atoms with Crippen LogP contribution in [0.3, 0.4) is 0 Å². The third-order valence-corrected chi connectivity index (χ3v) is 3.80. The van der Waals surface area contributed by atoms with E-state index in [2.05, 4.69) is 10.5 Å². The van der Waals surface area contributed by atoms with Crippen molar-refractivity contribution in [2.75, 3.05) is 0 Å². The second kappa shape index (κ2) is 7.50. The molecule has 0 spiro atoms. The van der Waals surface area contributed by atoms with Crippen molar-refractivity contribution >= 4 is 23.9 Å². The molecule has 0 unspecified atom stereocenters. The van der Waals surface area contributed by atoms with Crippen molar-refractivity contribution in [2.45, 2.75) is 17.1 Å². The Bertz CT molecular complexity index is 629. The molecule has 0 fully saturated rings. The molecule has 0 bridgehead atoms. The Morgan fingerprint density at radius 1 is 1.24 bits per heavy atom. The molecule has 21 heavy (non-hydrogen) atoms. The first-order chi connectivity index (χ1) is 10.1. The number of amides is 1. The largest absolute Gasteiger partial charge is 0.508 e. The number of hydrazone groups is 1. The van der Waals surface area contributed by atoms with Gasteiger partial charge < -0.3 is 5.11 Å². The summed E-state index contributed by atoms with van der Waals surface area (Å²) in [6, 6.07) is 16.4. The molecule has 0 aromatic heterocycles. The number of aromatic hydroxyl groups is 1. The Kier molecular flexibility index (Phi) is 5.40. The highest BCUT2D eigenvalue weighted by molar-refractivity contribution is 8.00. The summed E-state index contributed by atoms with van der Waals surface area (Å²) in [5.41, 5.74) is 3.22. The second-order valence-corrected chi connectivity index (χ2v) is 5.82. The van der Waals surface area contributed by atoms with E-state index in [1.807, 2.05) is 37.3 Å². The minimum absolute atomic E-state index is 0.165. The summed E-state index contributed by atoms with van der Waals surface area (Å²) in [6.07, 6.45) is 1.50. The van der Waals surface area contributed by atoms with E-state index in [0.717, 1.165) is 10.5 Å². The highest BCUT2D eigenvalue weighted by Crippen LogP contribution is 2.22. The molecule has 1 atom stereocenters. The van der Waals surface area contributed by atoms with Gasteiger partial charge in [0.05, 0.1) is 11.5 Å². The van der Waals surface area contributed by atoms with E-state index >= 15 is 0 Å². The molecule has 2 aromatic rings. The van der Waals surface area contributed by atoms with Crippen LogP contribution in [0.5, 0.6) is 5.75 Å². The summed E-state index contributed by atoms with van der Waals surface area (Å²) in [7, 11) is 0. The van der Waals surface area contributed by atoms with Crippen molar-refractivity contribution in [3.05, 3.63) is 60.2 Å². The Morgan fingerprint density at radius 2 is 2.00 bits per heavy atom. The normalized spacial score (nSPS) is 12.2. The van der Waals surface area contributed by atoms with Crippen LogP contribution in [0.1, 0.15) is 12.5 Å². The standard InChI is InChI=1S/C16H16N2O2S/c1-12(21-15-8-3-2-4-9-15)16(20)18-17-11-13-6-5-7-14(19)10-13/h2-12,19H,1H3,(H,18,20)/b17-11-/t12-/m0/s1. The molecule has 0 heterocycles. The van der Waals surface area contributed by atoms with E-state index in [4.69, 9.17) is 0 Å². The molecular formula is C16H16N2O2S. The average Bonchev–Trinajstić information content (AvgIpc) is 2.48. The lowest BCUT2D eigenvalue weighted by atomic mass is 10.2. The fourth-order valence-electron chi connectivity index (χ4n) is 1.62. The van der Waals surface area contributed by atoms with Gasteiger partial charge in [-0.2, -0.15) is 5.10 Å². The smallest absolute Gasteiger partial charge is 0.253 e. The SMILES string of the molecule is C[C@H](Sc1ccccc1)C(=O)N/N=C\c1cccc(O)c1. The molecule has 0 aliphatic rings. The molecule has 5 heteroatoms.